The highest BCUT2D eigenvalue weighted by Crippen LogP contribution is 2.24. The minimum absolute atomic E-state index is 0.241. The van der Waals surface area contributed by atoms with Crippen molar-refractivity contribution in [2.75, 3.05) is 13.2 Å². The van der Waals surface area contributed by atoms with E-state index in [1.54, 1.807) is 0 Å². The highest BCUT2D eigenvalue weighted by atomic mass is 16.7. The quantitative estimate of drug-likeness (QED) is 0.0215. The molecule has 1 fully saturated rings. The third-order valence-electron chi connectivity index (χ3n) is 17.3. The molecule has 494 valence electrons. The van der Waals surface area contributed by atoms with Gasteiger partial charge in [-0.2, -0.15) is 0 Å². The lowest BCUT2D eigenvalue weighted by atomic mass is 9.98. The zero-order chi connectivity index (χ0) is 61.0. The Balaban J connectivity index is 2.22. The molecule has 0 aliphatic carbocycles. The third-order valence-corrected chi connectivity index (χ3v) is 17.3. The Morgan fingerprint density at radius 3 is 1.06 bits per heavy atom. The maximum Gasteiger partial charge on any atom is 0.249 e. The van der Waals surface area contributed by atoms with Crippen LogP contribution in [0.15, 0.2) is 48.6 Å². The summed E-state index contributed by atoms with van der Waals surface area (Å²) < 4.78 is 11.2. The SMILES string of the molecule is CCCCCCCCCCCCCC/C=C\CCCCCCCCCCCCCCCCCC(O)C(=O)NC(COC1OC(CO)C(O)C(O)C1O)C(O)C(O)CCC/C=C/CC/C=C/CC/C=C/CCCCCCCCCCCCCCC. The predicted octanol–water partition coefficient (Wildman–Crippen LogP) is 17.5. The number of aliphatic hydroxyl groups excluding tert-OH is 7. The second-order valence-corrected chi connectivity index (χ2v) is 25.3. The molecule has 9 unspecified atom stereocenters. The number of carbonyl (C=O) groups is 1. The van der Waals surface area contributed by atoms with Crippen LogP contribution in [0.2, 0.25) is 0 Å². The van der Waals surface area contributed by atoms with E-state index >= 15 is 0 Å². The number of aliphatic hydroxyl groups is 7. The first-order valence-corrected chi connectivity index (χ1v) is 36.0. The van der Waals surface area contributed by atoms with Gasteiger partial charge in [-0.15, -0.1) is 0 Å². The van der Waals surface area contributed by atoms with Gasteiger partial charge in [0.2, 0.25) is 5.91 Å². The van der Waals surface area contributed by atoms with Crippen LogP contribution in [0, 0.1) is 0 Å². The summed E-state index contributed by atoms with van der Waals surface area (Å²) in [5.74, 6) is -0.708. The molecule has 1 aliphatic rings. The first-order chi connectivity index (χ1) is 41.2. The number of carbonyl (C=O) groups excluding carboxylic acids is 1. The van der Waals surface area contributed by atoms with Crippen molar-refractivity contribution >= 4 is 5.91 Å². The van der Waals surface area contributed by atoms with Crippen LogP contribution in [0.1, 0.15) is 341 Å². The van der Waals surface area contributed by atoms with Gasteiger partial charge in [0.15, 0.2) is 6.29 Å². The fourth-order valence-electron chi connectivity index (χ4n) is 11.5. The van der Waals surface area contributed by atoms with E-state index in [0.29, 0.717) is 19.3 Å². The van der Waals surface area contributed by atoms with Crippen molar-refractivity contribution in [2.45, 2.75) is 396 Å². The van der Waals surface area contributed by atoms with E-state index in [9.17, 15) is 40.5 Å². The number of unbranched alkanes of at least 4 members (excludes halogenated alkanes) is 43. The molecule has 1 saturated heterocycles. The number of amides is 1. The van der Waals surface area contributed by atoms with Gasteiger partial charge >= 0.3 is 0 Å². The topological polar surface area (TPSA) is 189 Å². The molecular formula is C73H137NO10. The number of allylic oxidation sites excluding steroid dienone is 8. The average molecular weight is 1190 g/mol. The highest BCUT2D eigenvalue weighted by molar-refractivity contribution is 5.80. The Bertz CT molecular complexity index is 1510. The molecule has 0 aromatic carbocycles. The largest absolute Gasteiger partial charge is 0.394 e. The summed E-state index contributed by atoms with van der Waals surface area (Å²) in [5, 5.41) is 76.5. The monoisotopic (exact) mass is 1190 g/mol. The molecule has 0 radical (unpaired) electrons. The van der Waals surface area contributed by atoms with E-state index in [1.165, 1.54) is 250 Å². The smallest absolute Gasteiger partial charge is 0.249 e. The standard InChI is InChI=1S/C73H137NO10/c1-3-5-7-9-11-13-15-17-19-21-23-25-27-29-31-32-33-34-35-37-39-41-43-45-47-49-51-53-55-57-59-61-66(77)72(82)74-64(63-83-73-71(81)70(80)69(79)67(62-75)84-73)68(78)65(76)60-58-56-54-52-50-48-46-44-42-40-38-36-30-28-26-24-22-20-18-16-14-12-10-8-6-4-2/h29,31,36,38,44,46,52,54,64-71,73,75-81H,3-28,30,32-35,37,39-43,45,47-51,53,55-63H2,1-2H3,(H,74,82)/b31-29-,38-36+,46-44+,54-52+. The molecule has 11 heteroatoms. The van der Waals surface area contributed by atoms with Crippen LogP contribution in [0.3, 0.4) is 0 Å². The van der Waals surface area contributed by atoms with Crippen LogP contribution in [0.5, 0.6) is 0 Å². The van der Waals surface area contributed by atoms with Crippen molar-refractivity contribution in [2.24, 2.45) is 0 Å². The van der Waals surface area contributed by atoms with Gasteiger partial charge in [0.25, 0.3) is 0 Å². The lowest BCUT2D eigenvalue weighted by molar-refractivity contribution is -0.303. The van der Waals surface area contributed by atoms with Crippen molar-refractivity contribution in [1.82, 2.24) is 5.32 Å². The molecule has 84 heavy (non-hydrogen) atoms. The van der Waals surface area contributed by atoms with E-state index in [0.717, 1.165) is 44.9 Å². The molecule has 1 heterocycles. The van der Waals surface area contributed by atoms with E-state index < -0.39 is 74.2 Å². The van der Waals surface area contributed by atoms with Gasteiger partial charge < -0.3 is 50.5 Å². The zero-order valence-electron chi connectivity index (χ0n) is 54.6. The highest BCUT2D eigenvalue weighted by Gasteiger charge is 2.44. The van der Waals surface area contributed by atoms with Crippen LogP contribution in [0.25, 0.3) is 0 Å². The molecule has 0 bridgehead atoms. The van der Waals surface area contributed by atoms with Gasteiger partial charge in [-0.05, 0) is 89.9 Å². The lowest BCUT2D eigenvalue weighted by Crippen LogP contribution is -2.60. The van der Waals surface area contributed by atoms with E-state index in [-0.39, 0.29) is 12.8 Å². The maximum atomic E-state index is 13.3. The summed E-state index contributed by atoms with van der Waals surface area (Å²) in [6, 6.07) is -1.20. The first kappa shape index (κ1) is 80.1. The number of rotatable bonds is 63. The van der Waals surface area contributed by atoms with Crippen LogP contribution in [0.4, 0.5) is 0 Å². The van der Waals surface area contributed by atoms with Gasteiger partial charge in [0.05, 0.1) is 25.4 Å². The Morgan fingerprint density at radius 2 is 0.714 bits per heavy atom. The summed E-state index contributed by atoms with van der Waals surface area (Å²) in [6.07, 6.45) is 69.2. The zero-order valence-corrected chi connectivity index (χ0v) is 54.6. The van der Waals surface area contributed by atoms with Crippen LogP contribution in [-0.2, 0) is 14.3 Å². The number of hydrogen-bond acceptors (Lipinski definition) is 10. The predicted molar refractivity (Wildman–Crippen MR) is 353 cm³/mol. The molecule has 0 aromatic rings. The molecule has 9 atom stereocenters. The maximum absolute atomic E-state index is 13.3. The summed E-state index contributed by atoms with van der Waals surface area (Å²) in [5.41, 5.74) is 0. The van der Waals surface area contributed by atoms with Crippen molar-refractivity contribution in [1.29, 1.82) is 0 Å². The first-order valence-electron chi connectivity index (χ1n) is 36.0. The Kier molecular flexibility index (Phi) is 58.5. The second-order valence-electron chi connectivity index (χ2n) is 25.3. The van der Waals surface area contributed by atoms with Gasteiger partial charge in [-0.3, -0.25) is 4.79 Å². The van der Waals surface area contributed by atoms with Crippen molar-refractivity contribution < 1.29 is 50.0 Å². The number of hydrogen-bond donors (Lipinski definition) is 8. The number of ether oxygens (including phenoxy) is 2. The normalized spacial score (nSPS) is 19.2. The van der Waals surface area contributed by atoms with Crippen LogP contribution in [-0.4, -0.2) is 110 Å². The Hall–Kier alpha value is -1.93. The third kappa shape index (κ3) is 48.1. The van der Waals surface area contributed by atoms with E-state index in [4.69, 9.17) is 9.47 Å². The molecule has 0 aromatic heterocycles. The van der Waals surface area contributed by atoms with Gasteiger partial charge in [0, 0.05) is 0 Å². The number of nitrogens with one attached hydrogen (secondary N) is 1. The Morgan fingerprint density at radius 1 is 0.405 bits per heavy atom. The van der Waals surface area contributed by atoms with Crippen molar-refractivity contribution in [3.63, 3.8) is 0 Å². The molecule has 0 spiro atoms. The fraction of sp³-hybridized carbons (Fsp3) is 0.877. The second kappa shape index (κ2) is 61.3. The van der Waals surface area contributed by atoms with E-state index in [1.807, 2.05) is 0 Å². The molecule has 11 nitrogen and oxygen atoms in total. The molecule has 1 amide bonds. The molecular weight excluding hydrogens is 1050 g/mol. The van der Waals surface area contributed by atoms with E-state index in [2.05, 4.69) is 67.8 Å². The minimum atomic E-state index is -1.67. The Labute approximate surface area is 517 Å². The van der Waals surface area contributed by atoms with Crippen LogP contribution < -0.4 is 5.32 Å². The average Bonchev–Trinajstić information content (AvgIpc) is 3.66. The summed E-state index contributed by atoms with van der Waals surface area (Å²) in [7, 11) is 0. The summed E-state index contributed by atoms with van der Waals surface area (Å²) >= 11 is 0. The molecule has 1 aliphatic heterocycles. The van der Waals surface area contributed by atoms with Crippen molar-refractivity contribution in [3.8, 4) is 0 Å². The summed E-state index contributed by atoms with van der Waals surface area (Å²) in [6.45, 7) is 3.49. The molecule has 1 rings (SSSR count). The molecule has 8 N–H and O–H groups in total. The van der Waals surface area contributed by atoms with Crippen molar-refractivity contribution in [3.05, 3.63) is 48.6 Å². The lowest BCUT2D eigenvalue weighted by Gasteiger charge is -2.40. The molecule has 0 saturated carbocycles. The van der Waals surface area contributed by atoms with Gasteiger partial charge in [0.1, 0.15) is 36.6 Å². The minimum Gasteiger partial charge on any atom is -0.394 e. The van der Waals surface area contributed by atoms with Crippen LogP contribution >= 0.6 is 0 Å². The van der Waals surface area contributed by atoms with Gasteiger partial charge in [-0.25, -0.2) is 0 Å². The summed E-state index contributed by atoms with van der Waals surface area (Å²) in [4.78, 5) is 13.3. The fourth-order valence-corrected chi connectivity index (χ4v) is 11.5. The van der Waals surface area contributed by atoms with Gasteiger partial charge in [-0.1, -0.05) is 300 Å².